The highest BCUT2D eigenvalue weighted by molar-refractivity contribution is 6.65. The van der Waals surface area contributed by atoms with Crippen molar-refractivity contribution in [1.82, 2.24) is 14.5 Å². The summed E-state index contributed by atoms with van der Waals surface area (Å²) in [7, 11) is 1.59. The minimum Gasteiger partial charge on any atom is -0.399 e. The molecule has 0 unspecified atom stereocenters. The van der Waals surface area contributed by atoms with Gasteiger partial charge in [0.1, 0.15) is 12.0 Å². The van der Waals surface area contributed by atoms with Crippen LogP contribution >= 0.6 is 0 Å². The Kier molecular flexibility index (Phi) is 2.53. The molecule has 6 heteroatoms. The van der Waals surface area contributed by atoms with Crippen LogP contribution in [-0.2, 0) is 16.4 Å². The van der Waals surface area contributed by atoms with Crippen LogP contribution in [0, 0.1) is 0 Å². The van der Waals surface area contributed by atoms with E-state index in [9.17, 15) is 0 Å². The molecule has 19 heavy (non-hydrogen) atoms. The zero-order chi connectivity index (χ0) is 13.8. The zero-order valence-corrected chi connectivity index (χ0v) is 12.0. The Labute approximate surface area is 113 Å². The number of rotatable bonds is 1. The van der Waals surface area contributed by atoms with Gasteiger partial charge in [-0.1, -0.05) is 0 Å². The molecular weight excluding hydrogens is 241 g/mol. The van der Waals surface area contributed by atoms with Crippen molar-refractivity contribution in [2.24, 2.45) is 7.05 Å². The number of hydrogen-bond acceptors (Lipinski definition) is 4. The molecule has 0 atom stereocenters. The van der Waals surface area contributed by atoms with Gasteiger partial charge in [0.2, 0.25) is 0 Å². The summed E-state index contributed by atoms with van der Waals surface area (Å²) in [6.07, 6.45) is 5.36. The largest absolute Gasteiger partial charge is 0.497 e. The molecule has 1 fully saturated rings. The van der Waals surface area contributed by atoms with Gasteiger partial charge < -0.3 is 13.9 Å². The Morgan fingerprint density at radius 3 is 2.42 bits per heavy atom. The van der Waals surface area contributed by atoms with Crippen molar-refractivity contribution >= 4 is 23.6 Å². The third kappa shape index (κ3) is 1.78. The topological polar surface area (TPSA) is 49.2 Å². The van der Waals surface area contributed by atoms with Crippen LogP contribution in [0.1, 0.15) is 27.7 Å². The molecule has 0 radical (unpaired) electrons. The molecule has 5 nitrogen and oxygen atoms in total. The van der Waals surface area contributed by atoms with Gasteiger partial charge in [0.05, 0.1) is 11.2 Å². The van der Waals surface area contributed by atoms with Crippen molar-refractivity contribution < 1.29 is 9.31 Å². The summed E-state index contributed by atoms with van der Waals surface area (Å²) in [5.41, 5.74) is 1.20. The lowest BCUT2D eigenvalue weighted by Gasteiger charge is -2.32. The van der Waals surface area contributed by atoms with Crippen molar-refractivity contribution in [3.8, 4) is 0 Å². The van der Waals surface area contributed by atoms with Crippen LogP contribution in [0.3, 0.4) is 0 Å². The summed E-state index contributed by atoms with van der Waals surface area (Å²) in [5.74, 6) is 0. The Hall–Kier alpha value is -1.40. The normalized spacial score (nSPS) is 21.2. The minimum atomic E-state index is -0.375. The maximum atomic E-state index is 6.08. The number of nitrogens with zero attached hydrogens (tertiary/aromatic N) is 3. The van der Waals surface area contributed by atoms with Gasteiger partial charge >= 0.3 is 7.12 Å². The maximum Gasteiger partial charge on any atom is 0.497 e. The fourth-order valence-corrected chi connectivity index (χ4v) is 2.31. The molecule has 0 N–H and O–H groups in total. The Balaban J connectivity index is 2.08. The number of hydrogen-bond donors (Lipinski definition) is 0. The average Bonchev–Trinajstić information content (AvgIpc) is 2.76. The molecular formula is C13H18BN3O2. The summed E-state index contributed by atoms with van der Waals surface area (Å²) in [5, 5.41) is 0.975. The molecule has 2 aromatic rings. The second kappa shape index (κ2) is 3.80. The Bertz CT molecular complexity index is 620. The van der Waals surface area contributed by atoms with Crippen LogP contribution in [0.25, 0.3) is 11.0 Å². The summed E-state index contributed by atoms with van der Waals surface area (Å²) in [4.78, 5) is 8.38. The fraction of sp³-hybridized carbons (Fsp3) is 0.538. The van der Waals surface area contributed by atoms with Gasteiger partial charge in [-0.05, 0) is 27.7 Å². The van der Waals surface area contributed by atoms with E-state index < -0.39 is 0 Å². The van der Waals surface area contributed by atoms with Gasteiger partial charge in [0, 0.05) is 30.3 Å². The Morgan fingerprint density at radius 1 is 1.16 bits per heavy atom. The fourth-order valence-electron chi connectivity index (χ4n) is 2.31. The first-order chi connectivity index (χ1) is 8.82. The van der Waals surface area contributed by atoms with Crippen molar-refractivity contribution in [3.05, 3.63) is 18.7 Å². The quantitative estimate of drug-likeness (QED) is 0.723. The Morgan fingerprint density at radius 2 is 1.79 bits per heavy atom. The van der Waals surface area contributed by atoms with E-state index in [4.69, 9.17) is 9.31 Å². The van der Waals surface area contributed by atoms with E-state index >= 15 is 0 Å². The van der Waals surface area contributed by atoms with Crippen molar-refractivity contribution in [2.45, 2.75) is 38.9 Å². The number of aryl methyl sites for hydroxylation is 1. The SMILES string of the molecule is Cn1cc(B2OC(C)(C)C(C)(C)O2)c2cncnc21. The lowest BCUT2D eigenvalue weighted by atomic mass is 9.79. The van der Waals surface area contributed by atoms with Gasteiger partial charge in [-0.2, -0.15) is 0 Å². The molecule has 0 saturated carbocycles. The molecule has 3 rings (SSSR count). The van der Waals surface area contributed by atoms with Crippen LogP contribution in [0.5, 0.6) is 0 Å². The van der Waals surface area contributed by atoms with E-state index in [1.807, 2.05) is 24.0 Å². The monoisotopic (exact) mass is 259 g/mol. The van der Waals surface area contributed by atoms with Gasteiger partial charge in [-0.3, -0.25) is 0 Å². The third-order valence-corrected chi connectivity index (χ3v) is 4.18. The van der Waals surface area contributed by atoms with E-state index in [0.29, 0.717) is 0 Å². The lowest BCUT2D eigenvalue weighted by Crippen LogP contribution is -2.41. The summed E-state index contributed by atoms with van der Waals surface area (Å²) in [6.45, 7) is 8.20. The second-order valence-corrected chi connectivity index (χ2v) is 6.04. The van der Waals surface area contributed by atoms with E-state index in [2.05, 4.69) is 37.7 Å². The molecule has 100 valence electrons. The number of fused-ring (bicyclic) bond motifs is 1. The molecule has 2 aromatic heterocycles. The van der Waals surface area contributed by atoms with Gasteiger partial charge in [0.25, 0.3) is 0 Å². The van der Waals surface area contributed by atoms with E-state index in [0.717, 1.165) is 16.5 Å². The zero-order valence-electron chi connectivity index (χ0n) is 12.0. The van der Waals surface area contributed by atoms with E-state index in [1.165, 1.54) is 0 Å². The van der Waals surface area contributed by atoms with Crippen molar-refractivity contribution in [2.75, 3.05) is 0 Å². The molecule has 1 aliphatic rings. The van der Waals surface area contributed by atoms with Crippen molar-refractivity contribution in [3.63, 3.8) is 0 Å². The van der Waals surface area contributed by atoms with E-state index in [-0.39, 0.29) is 18.3 Å². The second-order valence-electron chi connectivity index (χ2n) is 6.04. The molecule has 0 amide bonds. The predicted molar refractivity (Wildman–Crippen MR) is 74.2 cm³/mol. The van der Waals surface area contributed by atoms with E-state index in [1.54, 1.807) is 6.33 Å². The van der Waals surface area contributed by atoms with Crippen LogP contribution in [0.2, 0.25) is 0 Å². The molecule has 3 heterocycles. The first-order valence-corrected chi connectivity index (χ1v) is 6.42. The van der Waals surface area contributed by atoms with Crippen molar-refractivity contribution in [1.29, 1.82) is 0 Å². The number of aromatic nitrogens is 3. The van der Waals surface area contributed by atoms with Crippen LogP contribution < -0.4 is 5.46 Å². The smallest absolute Gasteiger partial charge is 0.399 e. The van der Waals surface area contributed by atoms with Crippen LogP contribution in [-0.4, -0.2) is 32.9 Å². The van der Waals surface area contributed by atoms with Gasteiger partial charge in [-0.15, -0.1) is 0 Å². The first kappa shape index (κ1) is 12.6. The molecule has 0 aromatic carbocycles. The highest BCUT2D eigenvalue weighted by Gasteiger charge is 2.52. The molecule has 0 bridgehead atoms. The average molecular weight is 259 g/mol. The first-order valence-electron chi connectivity index (χ1n) is 6.42. The maximum absolute atomic E-state index is 6.08. The summed E-state index contributed by atoms with van der Waals surface area (Å²) in [6, 6.07) is 0. The highest BCUT2D eigenvalue weighted by Crippen LogP contribution is 2.36. The van der Waals surface area contributed by atoms with Crippen LogP contribution in [0.4, 0.5) is 0 Å². The standard InChI is InChI=1S/C13H18BN3O2/c1-12(2)13(3,4)19-14(18-12)10-7-17(5)11-9(10)6-15-8-16-11/h6-8H,1-5H3. The molecule has 0 spiro atoms. The van der Waals surface area contributed by atoms with Gasteiger partial charge in [-0.25, -0.2) is 9.97 Å². The summed E-state index contributed by atoms with van der Waals surface area (Å²) < 4.78 is 14.1. The molecule has 1 aliphatic heterocycles. The lowest BCUT2D eigenvalue weighted by molar-refractivity contribution is 0.00578. The molecule has 0 aliphatic carbocycles. The minimum absolute atomic E-state index is 0.338. The third-order valence-electron chi connectivity index (χ3n) is 4.18. The van der Waals surface area contributed by atoms with Crippen LogP contribution in [0.15, 0.2) is 18.7 Å². The molecule has 1 saturated heterocycles. The highest BCUT2D eigenvalue weighted by atomic mass is 16.7. The summed E-state index contributed by atoms with van der Waals surface area (Å²) >= 11 is 0. The predicted octanol–water partition coefficient (Wildman–Crippen LogP) is 1.27. The van der Waals surface area contributed by atoms with Gasteiger partial charge in [0.15, 0.2) is 0 Å².